The summed E-state index contributed by atoms with van der Waals surface area (Å²) in [6.45, 7) is 11.6. The smallest absolute Gasteiger partial charge is 0.410 e. The Morgan fingerprint density at radius 1 is 1.14 bits per heavy atom. The number of ether oxygens (including phenoxy) is 1. The molecule has 4 heteroatoms. The molecule has 2 rings (SSSR count). The van der Waals surface area contributed by atoms with Gasteiger partial charge in [-0.15, -0.1) is 0 Å². The predicted molar refractivity (Wildman–Crippen MR) is 87.6 cm³/mol. The molecule has 22 heavy (non-hydrogen) atoms. The van der Waals surface area contributed by atoms with Crippen LogP contribution in [-0.2, 0) is 4.74 Å². The summed E-state index contributed by atoms with van der Waals surface area (Å²) < 4.78 is 5.43. The van der Waals surface area contributed by atoms with Gasteiger partial charge in [0.25, 0.3) is 0 Å². The fourth-order valence-electron chi connectivity index (χ4n) is 3.84. The standard InChI is InChI=1S/C18H33NO3/c1-12-6-7-14(10-13(12)2)16(20)15-8-9-19(11-15)17(21)22-18(3,4)5/h12-16,20H,6-11H2,1-5H3. The molecule has 4 nitrogen and oxygen atoms in total. The van der Waals surface area contributed by atoms with Crippen molar-refractivity contribution < 1.29 is 14.6 Å². The third kappa shape index (κ3) is 4.37. The van der Waals surface area contributed by atoms with Gasteiger partial charge in [-0.1, -0.05) is 20.3 Å². The van der Waals surface area contributed by atoms with Crippen LogP contribution in [0.25, 0.3) is 0 Å². The third-order valence-corrected chi connectivity index (χ3v) is 5.48. The molecule has 1 aliphatic heterocycles. The molecule has 0 radical (unpaired) electrons. The summed E-state index contributed by atoms with van der Waals surface area (Å²) in [4.78, 5) is 13.9. The molecule has 0 aromatic carbocycles. The molecule has 1 N–H and O–H groups in total. The average molecular weight is 311 g/mol. The second-order valence-corrected chi connectivity index (χ2v) is 8.49. The Balaban J connectivity index is 1.86. The molecule has 1 amide bonds. The molecular weight excluding hydrogens is 278 g/mol. The van der Waals surface area contributed by atoms with Crippen LogP contribution < -0.4 is 0 Å². The largest absolute Gasteiger partial charge is 0.444 e. The van der Waals surface area contributed by atoms with Gasteiger partial charge in [-0.05, 0) is 57.8 Å². The molecule has 0 aromatic heterocycles. The molecule has 0 aromatic rings. The fraction of sp³-hybridized carbons (Fsp3) is 0.944. The lowest BCUT2D eigenvalue weighted by Gasteiger charge is -2.36. The van der Waals surface area contributed by atoms with Crippen molar-refractivity contribution >= 4 is 6.09 Å². The average Bonchev–Trinajstić information content (AvgIpc) is 2.89. The first-order chi connectivity index (χ1) is 10.2. The summed E-state index contributed by atoms with van der Waals surface area (Å²) in [7, 11) is 0. The van der Waals surface area contributed by atoms with Gasteiger partial charge in [0.15, 0.2) is 0 Å². The summed E-state index contributed by atoms with van der Waals surface area (Å²) in [5.74, 6) is 2.06. The van der Waals surface area contributed by atoms with Crippen LogP contribution in [0.1, 0.15) is 60.3 Å². The van der Waals surface area contributed by atoms with Gasteiger partial charge >= 0.3 is 6.09 Å². The minimum absolute atomic E-state index is 0.207. The zero-order valence-corrected chi connectivity index (χ0v) is 14.8. The van der Waals surface area contributed by atoms with Crippen molar-refractivity contribution in [3.63, 3.8) is 0 Å². The van der Waals surface area contributed by atoms with Crippen LogP contribution in [0.3, 0.4) is 0 Å². The zero-order valence-electron chi connectivity index (χ0n) is 14.8. The van der Waals surface area contributed by atoms with E-state index in [-0.39, 0.29) is 18.1 Å². The molecule has 0 spiro atoms. The maximum Gasteiger partial charge on any atom is 0.410 e. The highest BCUT2D eigenvalue weighted by Crippen LogP contribution is 2.38. The number of aliphatic hydroxyl groups excluding tert-OH is 1. The topological polar surface area (TPSA) is 49.8 Å². The van der Waals surface area contributed by atoms with Crippen molar-refractivity contribution in [1.29, 1.82) is 0 Å². The number of carbonyl (C=O) groups excluding carboxylic acids is 1. The van der Waals surface area contributed by atoms with Crippen LogP contribution in [0.15, 0.2) is 0 Å². The van der Waals surface area contributed by atoms with E-state index in [4.69, 9.17) is 4.74 Å². The molecule has 0 bridgehead atoms. The van der Waals surface area contributed by atoms with E-state index < -0.39 is 5.60 Å². The number of hydrogen-bond acceptors (Lipinski definition) is 3. The first-order valence-corrected chi connectivity index (χ1v) is 8.83. The molecule has 1 aliphatic carbocycles. The highest BCUT2D eigenvalue weighted by Gasteiger charge is 2.38. The Morgan fingerprint density at radius 3 is 2.41 bits per heavy atom. The highest BCUT2D eigenvalue weighted by atomic mass is 16.6. The molecular formula is C18H33NO3. The van der Waals surface area contributed by atoms with E-state index in [0.717, 1.165) is 25.2 Å². The molecule has 5 atom stereocenters. The number of rotatable bonds is 2. The quantitative estimate of drug-likeness (QED) is 0.846. The van der Waals surface area contributed by atoms with Crippen molar-refractivity contribution in [3.05, 3.63) is 0 Å². The number of amides is 1. The van der Waals surface area contributed by atoms with Gasteiger partial charge in [0.1, 0.15) is 5.60 Å². The maximum atomic E-state index is 12.1. The molecule has 5 unspecified atom stereocenters. The van der Waals surface area contributed by atoms with Gasteiger partial charge in [0, 0.05) is 19.0 Å². The summed E-state index contributed by atoms with van der Waals surface area (Å²) in [6.07, 6.45) is 3.82. The van der Waals surface area contributed by atoms with Crippen molar-refractivity contribution in [3.8, 4) is 0 Å². The van der Waals surface area contributed by atoms with Crippen LogP contribution in [0.5, 0.6) is 0 Å². The summed E-state index contributed by atoms with van der Waals surface area (Å²) in [5.41, 5.74) is -0.456. The Hall–Kier alpha value is -0.770. The van der Waals surface area contributed by atoms with Gasteiger partial charge in [-0.25, -0.2) is 4.79 Å². The lowest BCUT2D eigenvalue weighted by atomic mass is 9.71. The second-order valence-electron chi connectivity index (χ2n) is 8.49. The van der Waals surface area contributed by atoms with E-state index in [0.29, 0.717) is 24.9 Å². The van der Waals surface area contributed by atoms with Crippen molar-refractivity contribution in [2.75, 3.05) is 13.1 Å². The normalized spacial score (nSPS) is 34.5. The molecule has 1 saturated heterocycles. The summed E-state index contributed by atoms with van der Waals surface area (Å²) in [5, 5.41) is 10.7. The van der Waals surface area contributed by atoms with E-state index in [1.54, 1.807) is 4.90 Å². The van der Waals surface area contributed by atoms with Crippen molar-refractivity contribution in [2.45, 2.75) is 72.0 Å². The predicted octanol–water partition coefficient (Wildman–Crippen LogP) is 3.68. The lowest BCUT2D eigenvalue weighted by Crippen LogP contribution is -2.38. The van der Waals surface area contributed by atoms with Crippen LogP contribution >= 0.6 is 0 Å². The second kappa shape index (κ2) is 6.77. The van der Waals surface area contributed by atoms with E-state index >= 15 is 0 Å². The molecule has 2 aliphatic rings. The summed E-state index contributed by atoms with van der Waals surface area (Å²) >= 11 is 0. The van der Waals surface area contributed by atoms with Crippen molar-refractivity contribution in [1.82, 2.24) is 4.90 Å². The Morgan fingerprint density at radius 2 is 1.82 bits per heavy atom. The fourth-order valence-corrected chi connectivity index (χ4v) is 3.84. The molecule has 128 valence electrons. The minimum atomic E-state index is -0.456. The van der Waals surface area contributed by atoms with Crippen LogP contribution in [0, 0.1) is 23.7 Å². The number of nitrogens with zero attached hydrogens (tertiary/aromatic N) is 1. The zero-order chi connectivity index (χ0) is 16.5. The van der Waals surface area contributed by atoms with Crippen LogP contribution in [0.2, 0.25) is 0 Å². The Labute approximate surface area is 135 Å². The first kappa shape index (κ1) is 17.6. The monoisotopic (exact) mass is 311 g/mol. The number of hydrogen-bond donors (Lipinski definition) is 1. The van der Waals surface area contributed by atoms with Crippen LogP contribution in [0.4, 0.5) is 4.79 Å². The van der Waals surface area contributed by atoms with Gasteiger partial charge in [-0.3, -0.25) is 0 Å². The summed E-state index contributed by atoms with van der Waals surface area (Å²) in [6, 6.07) is 0. The van der Waals surface area contributed by atoms with E-state index in [2.05, 4.69) is 13.8 Å². The van der Waals surface area contributed by atoms with Crippen molar-refractivity contribution in [2.24, 2.45) is 23.7 Å². The highest BCUT2D eigenvalue weighted by molar-refractivity contribution is 5.68. The maximum absolute atomic E-state index is 12.1. The van der Waals surface area contributed by atoms with E-state index in [1.165, 1.54) is 6.42 Å². The van der Waals surface area contributed by atoms with Crippen LogP contribution in [-0.4, -0.2) is 40.9 Å². The third-order valence-electron chi connectivity index (χ3n) is 5.48. The SMILES string of the molecule is CC1CCC(C(O)C2CCN(C(=O)OC(C)(C)C)C2)CC1C. The van der Waals surface area contributed by atoms with Gasteiger partial charge in [0.2, 0.25) is 0 Å². The number of likely N-dealkylation sites (tertiary alicyclic amines) is 1. The van der Waals surface area contributed by atoms with Gasteiger partial charge in [0.05, 0.1) is 6.10 Å². The molecule has 2 fully saturated rings. The lowest BCUT2D eigenvalue weighted by molar-refractivity contribution is 0.0102. The van der Waals surface area contributed by atoms with Gasteiger partial charge in [-0.2, -0.15) is 0 Å². The Bertz CT molecular complexity index is 390. The molecule has 1 saturated carbocycles. The number of carbonyl (C=O) groups is 1. The Kier molecular flexibility index (Phi) is 5.41. The minimum Gasteiger partial charge on any atom is -0.444 e. The van der Waals surface area contributed by atoms with E-state index in [9.17, 15) is 9.90 Å². The van der Waals surface area contributed by atoms with E-state index in [1.807, 2.05) is 20.8 Å². The molecule has 1 heterocycles. The number of aliphatic hydroxyl groups is 1. The first-order valence-electron chi connectivity index (χ1n) is 8.83. The van der Waals surface area contributed by atoms with Gasteiger partial charge < -0.3 is 14.7 Å².